The smallest absolute Gasteiger partial charge is 0.119 e. The monoisotopic (exact) mass is 378 g/mol. The van der Waals surface area contributed by atoms with Gasteiger partial charge in [-0.25, -0.2) is 0 Å². The minimum absolute atomic E-state index is 0.728. The molecule has 0 bridgehead atoms. The Bertz CT molecular complexity index is 662. The van der Waals surface area contributed by atoms with E-state index in [-0.39, 0.29) is 0 Å². The van der Waals surface area contributed by atoms with Gasteiger partial charge in [0.15, 0.2) is 0 Å². The Labute approximate surface area is 172 Å². The van der Waals surface area contributed by atoms with E-state index in [4.69, 9.17) is 4.74 Å². The zero-order valence-electron chi connectivity index (χ0n) is 18.0. The average Bonchev–Trinajstić information content (AvgIpc) is 2.75. The molecule has 1 nitrogen and oxygen atoms in total. The summed E-state index contributed by atoms with van der Waals surface area (Å²) in [6, 6.07) is 18.1. The lowest BCUT2D eigenvalue weighted by Gasteiger charge is -2.29. The van der Waals surface area contributed by atoms with E-state index in [1.165, 1.54) is 62.5 Å². The Morgan fingerprint density at radius 2 is 1.36 bits per heavy atom. The molecule has 1 aliphatic carbocycles. The van der Waals surface area contributed by atoms with Crippen molar-refractivity contribution < 1.29 is 4.74 Å². The van der Waals surface area contributed by atoms with E-state index in [0.717, 1.165) is 37.0 Å². The van der Waals surface area contributed by atoms with Crippen molar-refractivity contribution in [3.8, 4) is 5.75 Å². The standard InChI is InChI=1S/C27H38O/c1-3-5-6-7-22-10-16-25(17-11-22)26-18-12-23(13-19-26)8-9-24-14-20-27(21-15-24)28-4-2/h12-15,18-22,25H,3-11,16-17H2,1-2H3/t22-,25-. The first-order valence-electron chi connectivity index (χ1n) is 11.6. The average molecular weight is 379 g/mol. The number of benzene rings is 2. The zero-order chi connectivity index (χ0) is 19.6. The molecule has 0 aliphatic heterocycles. The summed E-state index contributed by atoms with van der Waals surface area (Å²) in [5.41, 5.74) is 4.40. The van der Waals surface area contributed by atoms with Crippen LogP contribution < -0.4 is 4.74 Å². The molecule has 1 fully saturated rings. The maximum absolute atomic E-state index is 5.53. The Morgan fingerprint density at radius 1 is 0.750 bits per heavy atom. The van der Waals surface area contributed by atoms with Crippen LogP contribution in [0.1, 0.15) is 87.8 Å². The fourth-order valence-corrected chi connectivity index (χ4v) is 4.63. The van der Waals surface area contributed by atoms with Crippen molar-refractivity contribution >= 4 is 0 Å². The molecule has 152 valence electrons. The molecular weight excluding hydrogens is 340 g/mol. The summed E-state index contributed by atoms with van der Waals surface area (Å²) >= 11 is 0. The molecule has 1 saturated carbocycles. The van der Waals surface area contributed by atoms with Crippen LogP contribution in [0.15, 0.2) is 48.5 Å². The van der Waals surface area contributed by atoms with Crippen molar-refractivity contribution in [1.82, 2.24) is 0 Å². The molecule has 0 radical (unpaired) electrons. The minimum atomic E-state index is 0.728. The lowest BCUT2D eigenvalue weighted by Crippen LogP contribution is -2.13. The van der Waals surface area contributed by atoms with E-state index in [2.05, 4.69) is 55.5 Å². The SMILES string of the molecule is CCCCC[C@H]1CC[C@H](c2ccc(CCc3ccc(OCC)cc3)cc2)CC1. The molecule has 0 aromatic heterocycles. The predicted octanol–water partition coefficient (Wildman–Crippen LogP) is 7.72. The molecule has 0 spiro atoms. The highest BCUT2D eigenvalue weighted by molar-refractivity contribution is 5.29. The van der Waals surface area contributed by atoms with Crippen LogP contribution in [0.3, 0.4) is 0 Å². The zero-order valence-corrected chi connectivity index (χ0v) is 18.0. The summed E-state index contributed by atoms with van der Waals surface area (Å²) in [6.07, 6.45) is 13.5. The molecule has 0 heterocycles. The molecule has 0 atom stereocenters. The van der Waals surface area contributed by atoms with E-state index in [0.29, 0.717) is 0 Å². The highest BCUT2D eigenvalue weighted by Gasteiger charge is 2.21. The summed E-state index contributed by atoms with van der Waals surface area (Å²) in [5, 5.41) is 0. The predicted molar refractivity (Wildman–Crippen MR) is 120 cm³/mol. The van der Waals surface area contributed by atoms with Crippen LogP contribution in [0.2, 0.25) is 0 Å². The lowest BCUT2D eigenvalue weighted by molar-refractivity contribution is 0.303. The van der Waals surface area contributed by atoms with Gasteiger partial charge in [-0.05, 0) is 86.1 Å². The summed E-state index contributed by atoms with van der Waals surface area (Å²) in [7, 11) is 0. The van der Waals surface area contributed by atoms with Gasteiger partial charge in [-0.3, -0.25) is 0 Å². The molecule has 1 aliphatic rings. The fourth-order valence-electron chi connectivity index (χ4n) is 4.63. The first-order chi connectivity index (χ1) is 13.8. The molecule has 0 unspecified atom stereocenters. The molecule has 0 saturated heterocycles. The van der Waals surface area contributed by atoms with Crippen LogP contribution in [0, 0.1) is 5.92 Å². The van der Waals surface area contributed by atoms with Gasteiger partial charge in [0.2, 0.25) is 0 Å². The maximum atomic E-state index is 5.53. The van der Waals surface area contributed by atoms with Crippen LogP contribution in [-0.2, 0) is 12.8 Å². The van der Waals surface area contributed by atoms with Crippen molar-refractivity contribution in [3.05, 3.63) is 65.2 Å². The van der Waals surface area contributed by atoms with Gasteiger partial charge in [-0.15, -0.1) is 0 Å². The highest BCUT2D eigenvalue weighted by atomic mass is 16.5. The summed E-state index contributed by atoms with van der Waals surface area (Å²) in [6.45, 7) is 5.06. The molecule has 0 amide bonds. The lowest BCUT2D eigenvalue weighted by atomic mass is 9.77. The quantitative estimate of drug-likeness (QED) is 0.384. The third-order valence-corrected chi connectivity index (χ3v) is 6.45. The molecule has 0 N–H and O–H groups in total. The normalized spacial score (nSPS) is 19.5. The first kappa shape index (κ1) is 21.0. The molecule has 2 aromatic carbocycles. The number of hydrogen-bond acceptors (Lipinski definition) is 1. The van der Waals surface area contributed by atoms with Crippen molar-refractivity contribution in [2.45, 2.75) is 84.0 Å². The van der Waals surface area contributed by atoms with E-state index >= 15 is 0 Å². The van der Waals surface area contributed by atoms with Gasteiger partial charge in [0.25, 0.3) is 0 Å². The van der Waals surface area contributed by atoms with Crippen molar-refractivity contribution in [1.29, 1.82) is 0 Å². The molecule has 2 aromatic rings. The summed E-state index contributed by atoms with van der Waals surface area (Å²) < 4.78 is 5.53. The number of unbranched alkanes of at least 4 members (excludes halogenated alkanes) is 2. The van der Waals surface area contributed by atoms with Gasteiger partial charge in [-0.1, -0.05) is 69.0 Å². The van der Waals surface area contributed by atoms with Crippen molar-refractivity contribution in [2.24, 2.45) is 5.92 Å². The van der Waals surface area contributed by atoms with Crippen LogP contribution >= 0.6 is 0 Å². The van der Waals surface area contributed by atoms with Gasteiger partial charge < -0.3 is 4.74 Å². The summed E-state index contributed by atoms with van der Waals surface area (Å²) in [5.74, 6) is 2.76. The Balaban J connectivity index is 1.43. The third-order valence-electron chi connectivity index (χ3n) is 6.45. The Morgan fingerprint density at radius 3 is 1.93 bits per heavy atom. The highest BCUT2D eigenvalue weighted by Crippen LogP contribution is 2.37. The van der Waals surface area contributed by atoms with Crippen LogP contribution in [0.4, 0.5) is 0 Å². The van der Waals surface area contributed by atoms with E-state index in [9.17, 15) is 0 Å². The largest absolute Gasteiger partial charge is 0.494 e. The van der Waals surface area contributed by atoms with Gasteiger partial charge >= 0.3 is 0 Å². The number of hydrogen-bond donors (Lipinski definition) is 0. The van der Waals surface area contributed by atoms with Crippen molar-refractivity contribution in [2.75, 3.05) is 6.61 Å². The van der Waals surface area contributed by atoms with Crippen LogP contribution in [0.25, 0.3) is 0 Å². The third kappa shape index (κ3) is 6.40. The Hall–Kier alpha value is -1.76. The van der Waals surface area contributed by atoms with Crippen LogP contribution in [-0.4, -0.2) is 6.61 Å². The van der Waals surface area contributed by atoms with Gasteiger partial charge in [0, 0.05) is 0 Å². The fraction of sp³-hybridized carbons (Fsp3) is 0.556. The second-order valence-corrected chi connectivity index (χ2v) is 8.53. The number of ether oxygens (including phenoxy) is 1. The molecule has 1 heteroatoms. The van der Waals surface area contributed by atoms with Gasteiger partial charge in [-0.2, -0.15) is 0 Å². The maximum Gasteiger partial charge on any atom is 0.119 e. The van der Waals surface area contributed by atoms with Crippen LogP contribution in [0.5, 0.6) is 5.75 Å². The van der Waals surface area contributed by atoms with E-state index < -0.39 is 0 Å². The van der Waals surface area contributed by atoms with Gasteiger partial charge in [0.1, 0.15) is 5.75 Å². The Kier molecular flexibility index (Phi) is 8.45. The van der Waals surface area contributed by atoms with Gasteiger partial charge in [0.05, 0.1) is 6.61 Å². The van der Waals surface area contributed by atoms with Crippen molar-refractivity contribution in [3.63, 3.8) is 0 Å². The molecular formula is C27H38O. The second-order valence-electron chi connectivity index (χ2n) is 8.53. The second kappa shape index (κ2) is 11.3. The number of rotatable bonds is 10. The summed E-state index contributed by atoms with van der Waals surface area (Å²) in [4.78, 5) is 0. The first-order valence-corrected chi connectivity index (χ1v) is 11.6. The van der Waals surface area contributed by atoms with E-state index in [1.807, 2.05) is 6.92 Å². The minimum Gasteiger partial charge on any atom is -0.494 e. The number of aryl methyl sites for hydroxylation is 2. The molecule has 28 heavy (non-hydrogen) atoms. The van der Waals surface area contributed by atoms with E-state index in [1.54, 1.807) is 5.56 Å². The molecule has 3 rings (SSSR count). The topological polar surface area (TPSA) is 9.23 Å².